The Morgan fingerprint density at radius 1 is 0.935 bits per heavy atom. The summed E-state index contributed by atoms with van der Waals surface area (Å²) in [5, 5.41) is 2.80. The van der Waals surface area contributed by atoms with Crippen LogP contribution in [-0.4, -0.2) is 55.8 Å². The molecule has 1 saturated heterocycles. The molecule has 1 aliphatic heterocycles. The van der Waals surface area contributed by atoms with Crippen LogP contribution in [0.25, 0.3) is 11.2 Å². The van der Waals surface area contributed by atoms with Crippen LogP contribution in [0.1, 0.15) is 34.6 Å². The zero-order chi connectivity index (χ0) is 31.9. The summed E-state index contributed by atoms with van der Waals surface area (Å²) in [6.45, 7) is 1.68. The van der Waals surface area contributed by atoms with Crippen LogP contribution in [0.3, 0.4) is 0 Å². The van der Waals surface area contributed by atoms with Crippen LogP contribution in [0, 0.1) is 12.3 Å². The molecule has 11 nitrogen and oxygen atoms in total. The smallest absolute Gasteiger partial charge is 0.303 e. The number of benzene rings is 3. The van der Waals surface area contributed by atoms with Crippen LogP contribution in [0.2, 0.25) is 0 Å². The lowest BCUT2D eigenvalue weighted by Gasteiger charge is -2.30. The Labute approximate surface area is 265 Å². The Balaban J connectivity index is 1.35. The Hall–Kier alpha value is -5.41. The number of amides is 1. The molecule has 2 aromatic heterocycles. The van der Waals surface area contributed by atoms with E-state index in [2.05, 4.69) is 26.2 Å². The number of rotatable bonds is 11. The first-order chi connectivity index (χ1) is 22.5. The number of esters is 1. The van der Waals surface area contributed by atoms with Crippen molar-refractivity contribution >= 4 is 28.9 Å². The highest BCUT2D eigenvalue weighted by atomic mass is 16.6. The number of imidazole rings is 1. The van der Waals surface area contributed by atoms with E-state index in [0.717, 1.165) is 11.1 Å². The van der Waals surface area contributed by atoms with Gasteiger partial charge in [0.1, 0.15) is 12.4 Å². The normalized spacial score (nSPS) is 20.7. The van der Waals surface area contributed by atoms with Crippen LogP contribution < -0.4 is 5.32 Å². The van der Waals surface area contributed by atoms with Gasteiger partial charge in [-0.15, -0.1) is 6.42 Å². The lowest BCUT2D eigenvalue weighted by atomic mass is 9.96. The highest BCUT2D eigenvalue weighted by molar-refractivity contribution is 6.06. The van der Waals surface area contributed by atoms with Gasteiger partial charge in [-0.3, -0.25) is 14.2 Å². The van der Waals surface area contributed by atoms with Crippen LogP contribution in [0.4, 0.5) is 5.82 Å². The number of ether oxygens (including phenoxy) is 4. The van der Waals surface area contributed by atoms with Crippen molar-refractivity contribution in [2.75, 3.05) is 11.9 Å². The lowest BCUT2D eigenvalue weighted by molar-refractivity contribution is -0.158. The molecular weight excluding hydrogens is 586 g/mol. The van der Waals surface area contributed by atoms with Gasteiger partial charge in [0, 0.05) is 12.5 Å². The molecule has 1 N–H and O–H groups in total. The maximum absolute atomic E-state index is 12.9. The van der Waals surface area contributed by atoms with Gasteiger partial charge in [0.25, 0.3) is 5.91 Å². The molecule has 0 saturated carbocycles. The van der Waals surface area contributed by atoms with Crippen LogP contribution in [0.5, 0.6) is 0 Å². The number of fused-ring (bicyclic) bond motifs is 1. The number of aromatic nitrogens is 4. The molecular formula is C35H31N5O6. The number of carbonyl (C=O) groups excluding carboxylic acids is 2. The number of anilines is 1. The average Bonchev–Trinajstić information content (AvgIpc) is 3.64. The molecule has 0 radical (unpaired) electrons. The van der Waals surface area contributed by atoms with Gasteiger partial charge in [-0.05, 0) is 23.3 Å². The summed E-state index contributed by atoms with van der Waals surface area (Å²) in [4.78, 5) is 38.6. The maximum Gasteiger partial charge on any atom is 0.303 e. The van der Waals surface area contributed by atoms with E-state index in [1.165, 1.54) is 19.6 Å². The van der Waals surface area contributed by atoms with Gasteiger partial charge in [0.2, 0.25) is 0 Å². The Kier molecular flexibility index (Phi) is 9.12. The number of hydrogen-bond acceptors (Lipinski definition) is 9. The summed E-state index contributed by atoms with van der Waals surface area (Å²) in [5.74, 6) is 2.05. The number of nitrogens with one attached hydrogen (secondary N) is 1. The summed E-state index contributed by atoms with van der Waals surface area (Å²) in [6.07, 6.45) is 5.99. The molecule has 3 unspecified atom stereocenters. The highest BCUT2D eigenvalue weighted by Gasteiger charge is 2.58. The van der Waals surface area contributed by atoms with E-state index in [0.29, 0.717) is 16.7 Å². The standard InChI is InChI=1S/C35H31N5O6/c1-3-35(21-43-19-25-13-7-4-8-14-25)30(44-20-26-15-9-5-10-16-26)29(45-24(2)41)34(46-35)40-23-38-28-31(36-22-37-32(28)40)39-33(42)27-17-11-6-12-18-27/h1,4-18,22-23,29-30,34H,19-21H2,2H3,(H,36,37,39,42)/t29?,30?,34?,35-/m1/s1. The van der Waals surface area contributed by atoms with Crippen molar-refractivity contribution in [1.82, 2.24) is 19.5 Å². The Bertz CT molecular complexity index is 1840. The predicted molar refractivity (Wildman–Crippen MR) is 168 cm³/mol. The minimum atomic E-state index is -1.47. The third kappa shape index (κ3) is 6.50. The third-order valence-electron chi connectivity index (χ3n) is 7.52. The first kappa shape index (κ1) is 30.6. The summed E-state index contributed by atoms with van der Waals surface area (Å²) in [5.41, 5.74) is 1.45. The van der Waals surface area contributed by atoms with Gasteiger partial charge in [-0.25, -0.2) is 15.0 Å². The van der Waals surface area contributed by atoms with E-state index < -0.39 is 30.0 Å². The highest BCUT2D eigenvalue weighted by Crippen LogP contribution is 2.42. The molecule has 232 valence electrons. The fraction of sp³-hybridized carbons (Fsp3) is 0.229. The third-order valence-corrected chi connectivity index (χ3v) is 7.52. The van der Waals surface area contributed by atoms with Gasteiger partial charge in [0.15, 0.2) is 34.9 Å². The van der Waals surface area contributed by atoms with Gasteiger partial charge >= 0.3 is 5.97 Å². The number of hydrogen-bond donors (Lipinski definition) is 1. The zero-order valence-electron chi connectivity index (χ0n) is 25.0. The molecule has 3 aromatic carbocycles. The average molecular weight is 618 g/mol. The quantitative estimate of drug-likeness (QED) is 0.166. The second-order valence-electron chi connectivity index (χ2n) is 10.7. The largest absolute Gasteiger partial charge is 0.455 e. The number of carbonyl (C=O) groups is 2. The van der Waals surface area contributed by atoms with Gasteiger partial charge < -0.3 is 24.3 Å². The molecule has 0 spiro atoms. The summed E-state index contributed by atoms with van der Waals surface area (Å²) < 4.78 is 26.6. The minimum Gasteiger partial charge on any atom is -0.455 e. The van der Waals surface area contributed by atoms with Crippen LogP contribution in [0.15, 0.2) is 104 Å². The zero-order valence-corrected chi connectivity index (χ0v) is 25.0. The van der Waals surface area contributed by atoms with E-state index in [9.17, 15) is 9.59 Å². The molecule has 11 heteroatoms. The minimum absolute atomic E-state index is 0.0634. The van der Waals surface area contributed by atoms with Crippen molar-refractivity contribution in [3.05, 3.63) is 120 Å². The van der Waals surface area contributed by atoms with Gasteiger partial charge in [-0.1, -0.05) is 84.8 Å². The van der Waals surface area contributed by atoms with Crippen molar-refractivity contribution in [2.45, 2.75) is 44.2 Å². The van der Waals surface area contributed by atoms with Crippen LogP contribution >= 0.6 is 0 Å². The SMILES string of the molecule is C#C[C@]1(COCc2ccccc2)OC(n2cnc3c(NC(=O)c4ccccc4)ncnc32)C(OC(C)=O)C1OCc1ccccc1. The Morgan fingerprint density at radius 2 is 1.59 bits per heavy atom. The van der Waals surface area contributed by atoms with Crippen molar-refractivity contribution in [2.24, 2.45) is 0 Å². The summed E-state index contributed by atoms with van der Waals surface area (Å²) >= 11 is 0. The molecule has 0 bridgehead atoms. The van der Waals surface area contributed by atoms with Crippen molar-refractivity contribution < 1.29 is 28.5 Å². The molecule has 46 heavy (non-hydrogen) atoms. The summed E-state index contributed by atoms with van der Waals surface area (Å²) in [6, 6.07) is 27.9. The molecule has 1 amide bonds. The maximum atomic E-state index is 12.9. The topological polar surface area (TPSA) is 127 Å². The van der Waals surface area contributed by atoms with E-state index in [1.807, 2.05) is 66.7 Å². The second kappa shape index (κ2) is 13.7. The van der Waals surface area contributed by atoms with Crippen LogP contribution in [-0.2, 0) is 37.0 Å². The van der Waals surface area contributed by atoms with Crippen molar-refractivity contribution in [3.8, 4) is 12.3 Å². The molecule has 1 fully saturated rings. The van der Waals surface area contributed by atoms with Crippen molar-refractivity contribution in [3.63, 3.8) is 0 Å². The van der Waals surface area contributed by atoms with E-state index in [4.69, 9.17) is 25.4 Å². The fourth-order valence-corrected chi connectivity index (χ4v) is 5.35. The predicted octanol–water partition coefficient (Wildman–Crippen LogP) is 4.71. The van der Waals surface area contributed by atoms with Gasteiger partial charge in [-0.2, -0.15) is 0 Å². The monoisotopic (exact) mass is 617 g/mol. The molecule has 4 atom stereocenters. The van der Waals surface area contributed by atoms with Gasteiger partial charge in [0.05, 0.1) is 26.1 Å². The Morgan fingerprint density at radius 3 is 2.24 bits per heavy atom. The van der Waals surface area contributed by atoms with E-state index in [1.54, 1.807) is 28.8 Å². The number of terminal acetylenes is 1. The first-order valence-electron chi connectivity index (χ1n) is 14.6. The molecule has 0 aliphatic carbocycles. The second-order valence-corrected chi connectivity index (χ2v) is 10.7. The van der Waals surface area contributed by atoms with E-state index >= 15 is 0 Å². The molecule has 3 heterocycles. The molecule has 6 rings (SSSR count). The van der Waals surface area contributed by atoms with E-state index in [-0.39, 0.29) is 31.5 Å². The number of nitrogens with zero attached hydrogens (tertiary/aromatic N) is 4. The first-order valence-corrected chi connectivity index (χ1v) is 14.6. The summed E-state index contributed by atoms with van der Waals surface area (Å²) in [7, 11) is 0. The molecule has 5 aromatic rings. The lowest BCUT2D eigenvalue weighted by Crippen LogP contribution is -2.48. The fourth-order valence-electron chi connectivity index (χ4n) is 5.35. The van der Waals surface area contributed by atoms with Crippen molar-refractivity contribution in [1.29, 1.82) is 0 Å². The molecule has 1 aliphatic rings.